The molecule has 2 aromatic carbocycles. The summed E-state index contributed by atoms with van der Waals surface area (Å²) >= 11 is -9.51. The van der Waals surface area contributed by atoms with Gasteiger partial charge in [-0.1, -0.05) is 0 Å². The molecule has 4 rings (SSSR count). The zero-order valence-electron chi connectivity index (χ0n) is 27.3. The average Bonchev–Trinajstić information content (AvgIpc) is 3.33. The maximum absolute atomic E-state index is 12.1. The summed E-state index contributed by atoms with van der Waals surface area (Å²) in [6.45, 7) is 8.49. The number of nitrogens with zero attached hydrogens (tertiary/aromatic N) is 2. The van der Waals surface area contributed by atoms with Crippen LogP contribution < -0.4 is 18.9 Å². The molecule has 5 N–H and O–H groups in total. The minimum atomic E-state index is -5.21. The van der Waals surface area contributed by atoms with E-state index in [1.54, 1.807) is 30.4 Å². The van der Waals surface area contributed by atoms with Crippen LogP contribution in [0.4, 0.5) is 11.4 Å². The number of hydrogen-bond acceptors (Lipinski definition) is 9. The Balaban J connectivity index is 1.68. The summed E-state index contributed by atoms with van der Waals surface area (Å²) in [6.07, 6.45) is 9.90. The first-order chi connectivity index (χ1) is 22.7. The molecule has 0 unspecified atom stereocenters. The molecule has 2 aliphatic heterocycles. The van der Waals surface area contributed by atoms with Gasteiger partial charge in [-0.05, 0) is 0 Å². The van der Waals surface area contributed by atoms with Crippen LogP contribution >= 0.6 is 12.0 Å². The topological polar surface area (TPSA) is 217 Å². The molecule has 0 radical (unpaired) electrons. The van der Waals surface area contributed by atoms with E-state index < -0.39 is 55.0 Å². The molecule has 0 fully saturated rings. The van der Waals surface area contributed by atoms with E-state index in [0.717, 1.165) is 34.7 Å². The summed E-state index contributed by atoms with van der Waals surface area (Å²) in [5.74, 6) is 0.00875. The summed E-state index contributed by atoms with van der Waals surface area (Å²) in [5.41, 5.74) is 3.21. The van der Waals surface area contributed by atoms with Crippen LogP contribution in [0.15, 0.2) is 72.5 Å². The molecule has 2 heterocycles. The first-order valence-electron chi connectivity index (χ1n) is 15.1. The van der Waals surface area contributed by atoms with Crippen LogP contribution in [0, 0.1) is 0 Å². The number of fused-ring (bicyclic) bond motifs is 2. The van der Waals surface area contributed by atoms with Crippen LogP contribution in [-0.4, -0.2) is 92.6 Å². The van der Waals surface area contributed by atoms with Gasteiger partial charge in [0.1, 0.15) is 0 Å². The second kappa shape index (κ2) is 15.2. The number of hydrogen-bond donors (Lipinski definition) is 5. The van der Waals surface area contributed by atoms with Crippen molar-refractivity contribution < 1.29 is 56.0 Å². The van der Waals surface area contributed by atoms with E-state index in [-0.39, 0.29) is 21.7 Å². The molecule has 14 nitrogen and oxygen atoms in total. The normalized spacial score (nSPS) is 18.3. The summed E-state index contributed by atoms with van der Waals surface area (Å²) in [5, 5.41) is 13.6. The van der Waals surface area contributed by atoms with Crippen molar-refractivity contribution in [3.05, 3.63) is 83.6 Å². The Bertz CT molecular complexity index is 1910. The van der Waals surface area contributed by atoms with Gasteiger partial charge >= 0.3 is 297 Å². The molecule has 0 atom stereocenters. The Kier molecular flexibility index (Phi) is 12.3. The molecular weight excluding hydrogens is 806 g/mol. The molecule has 0 bridgehead atoms. The Labute approximate surface area is 295 Å². The second-order valence-corrected chi connectivity index (χ2v) is 21.8. The average molecular weight is 847 g/mol. The predicted octanol–water partition coefficient (Wildman–Crippen LogP) is 0.519. The fourth-order valence-corrected chi connectivity index (χ4v) is 9.49. The molecule has 0 saturated heterocycles. The summed E-state index contributed by atoms with van der Waals surface area (Å²) in [7, 11) is -4.19. The number of benzene rings is 2. The van der Waals surface area contributed by atoms with E-state index in [1.165, 1.54) is 18.2 Å². The van der Waals surface area contributed by atoms with Gasteiger partial charge in [0.25, 0.3) is 0 Å². The van der Waals surface area contributed by atoms with E-state index in [0.29, 0.717) is 30.0 Å². The number of rotatable bonds is 15. The monoisotopic (exact) mass is 846 g/mol. The summed E-state index contributed by atoms with van der Waals surface area (Å²) in [4.78, 5) is 1.89. The van der Waals surface area contributed by atoms with Gasteiger partial charge in [-0.2, -0.15) is 0 Å². The quantitative estimate of drug-likeness (QED) is 0.0242. The molecule has 49 heavy (non-hydrogen) atoms. The molecule has 0 spiro atoms. The summed E-state index contributed by atoms with van der Waals surface area (Å²) < 4.78 is 102. The molecule has 0 saturated carbocycles. The Morgan fingerprint density at radius 2 is 1.55 bits per heavy atom. The summed E-state index contributed by atoms with van der Waals surface area (Å²) in [6, 6.07) is 9.20. The van der Waals surface area contributed by atoms with Crippen molar-refractivity contribution in [3.63, 3.8) is 0 Å². The molecule has 0 aliphatic carbocycles. The van der Waals surface area contributed by atoms with E-state index in [4.69, 9.17) is 0 Å². The number of allylic oxidation sites excluding steroid dienone is 6. The predicted molar refractivity (Wildman–Crippen MR) is 184 cm³/mol. The molecule has 268 valence electrons. The van der Waals surface area contributed by atoms with E-state index in [9.17, 15) is 42.1 Å². The van der Waals surface area contributed by atoms with Crippen LogP contribution in [0.2, 0.25) is 0 Å². The first kappa shape index (κ1) is 39.6. The first-order valence-corrected chi connectivity index (χ1v) is 24.4. The van der Waals surface area contributed by atoms with Crippen molar-refractivity contribution in [1.29, 1.82) is 0 Å². The third-order valence-electron chi connectivity index (χ3n) is 8.62. The van der Waals surface area contributed by atoms with Gasteiger partial charge in [-0.25, -0.2) is 0 Å². The Hall–Kier alpha value is -2.17. The zero-order valence-corrected chi connectivity index (χ0v) is 32.7. The van der Waals surface area contributed by atoms with Crippen molar-refractivity contribution in [2.24, 2.45) is 0 Å². The standard InChI is InChI=1S/C31H40As2N2O12S2/c1-30(2)24-20-22(32(36,37)38)12-14-26(24)34(16-8-18-48-47-46-42)28(30)10-6-5-7-11-29-31(3,4)25-21-23(33(39,40)41)13-15-27(25)35(29)17-9-19-49(43,44)45/h5-7,10-15,20-21H,8-9,16-19H2,1-4H3,(H5-,36,37,38,39,40,41,42,43,44,45). The Morgan fingerprint density at radius 1 is 0.918 bits per heavy atom. The minimum absolute atomic E-state index is 0.0199. The van der Waals surface area contributed by atoms with Gasteiger partial charge in [0.05, 0.1) is 0 Å². The van der Waals surface area contributed by atoms with Crippen molar-refractivity contribution in [2.45, 2.75) is 51.4 Å². The van der Waals surface area contributed by atoms with Gasteiger partial charge in [-0.3, -0.25) is 0 Å². The third kappa shape index (κ3) is 9.20. The molecule has 0 amide bonds. The van der Waals surface area contributed by atoms with Crippen molar-refractivity contribution in [2.75, 3.05) is 29.5 Å². The second-order valence-electron chi connectivity index (χ2n) is 12.7. The van der Waals surface area contributed by atoms with Crippen LogP contribution in [0.3, 0.4) is 0 Å². The van der Waals surface area contributed by atoms with Gasteiger partial charge in [0.2, 0.25) is 0 Å². The van der Waals surface area contributed by atoms with Crippen LogP contribution in [0.1, 0.15) is 51.7 Å². The van der Waals surface area contributed by atoms with Crippen molar-refractivity contribution in [1.82, 2.24) is 0 Å². The van der Waals surface area contributed by atoms with Crippen LogP contribution in [0.5, 0.6) is 0 Å². The van der Waals surface area contributed by atoms with E-state index in [2.05, 4.69) is 13.9 Å². The SMILES string of the molecule is CC1(C)C(/C=C/C=C/C=C2\N(CCCS(=O)(=O)O)c3ccc([As](=O)(O)O)cc3C2(C)C)=[N+](CCCSOO[O-])c2ccc([As](=O)(O)O)cc21. The van der Waals surface area contributed by atoms with Gasteiger partial charge in [-0.15, -0.1) is 0 Å². The van der Waals surface area contributed by atoms with Crippen LogP contribution in [-0.2, 0) is 37.8 Å². The van der Waals surface area contributed by atoms with E-state index >= 15 is 0 Å². The van der Waals surface area contributed by atoms with Crippen LogP contribution in [0.25, 0.3) is 0 Å². The van der Waals surface area contributed by atoms with Crippen molar-refractivity contribution in [3.8, 4) is 0 Å². The molecule has 2 aliphatic rings. The van der Waals surface area contributed by atoms with Gasteiger partial charge in [0.15, 0.2) is 0 Å². The molecule has 2 aromatic rings. The fourth-order valence-electron chi connectivity index (χ4n) is 6.27. The fraction of sp³-hybridized carbons (Fsp3) is 0.387. The maximum atomic E-state index is 12.1. The van der Waals surface area contributed by atoms with Crippen molar-refractivity contribution >= 4 is 76.3 Å². The van der Waals surface area contributed by atoms with Gasteiger partial charge < -0.3 is 0 Å². The van der Waals surface area contributed by atoms with E-state index in [1.807, 2.05) is 50.8 Å². The molecule has 0 aromatic heterocycles. The number of anilines is 1. The van der Waals surface area contributed by atoms with Gasteiger partial charge in [0, 0.05) is 0 Å². The third-order valence-corrected chi connectivity index (χ3v) is 14.0. The Morgan fingerprint density at radius 3 is 2.16 bits per heavy atom. The molecular formula is C31H40As2N2O12S2. The molecule has 18 heteroatoms. The zero-order chi connectivity index (χ0) is 36.4.